The molecule has 0 spiro atoms. The molecule has 3 nitrogen and oxygen atoms in total. The number of aryl methyl sites for hydroxylation is 1. The van der Waals surface area contributed by atoms with Gasteiger partial charge < -0.3 is 5.11 Å². The predicted octanol–water partition coefficient (Wildman–Crippen LogP) is 3.41. The molecule has 0 saturated carbocycles. The molecule has 4 heteroatoms. The van der Waals surface area contributed by atoms with Gasteiger partial charge in [0, 0.05) is 15.6 Å². The lowest BCUT2D eigenvalue weighted by molar-refractivity contribution is 0.0935. The Morgan fingerprint density at radius 3 is 2.68 bits per heavy atom. The van der Waals surface area contributed by atoms with Crippen LogP contribution in [0.4, 0.5) is 5.69 Å². The first kappa shape index (κ1) is 12.4. The molecule has 96 valence electrons. The molecular formula is C15H12BrNO2. The SMILES string of the molecule is Cc1ccc(Br)cc1N1C(=O)c2ccccc2C1O. The number of carbonyl (C=O) groups excluding carboxylic acids is 1. The first-order chi connectivity index (χ1) is 9.09. The van der Waals surface area contributed by atoms with E-state index in [1.165, 1.54) is 4.90 Å². The summed E-state index contributed by atoms with van der Waals surface area (Å²) in [7, 11) is 0. The summed E-state index contributed by atoms with van der Waals surface area (Å²) < 4.78 is 0.879. The number of carbonyl (C=O) groups is 1. The Morgan fingerprint density at radius 2 is 1.95 bits per heavy atom. The van der Waals surface area contributed by atoms with Crippen LogP contribution in [0, 0.1) is 6.92 Å². The Morgan fingerprint density at radius 1 is 1.21 bits per heavy atom. The molecule has 2 aromatic rings. The van der Waals surface area contributed by atoms with E-state index in [0.29, 0.717) is 11.1 Å². The molecule has 1 unspecified atom stereocenters. The predicted molar refractivity (Wildman–Crippen MR) is 77.1 cm³/mol. The van der Waals surface area contributed by atoms with E-state index in [9.17, 15) is 9.90 Å². The molecule has 1 heterocycles. The van der Waals surface area contributed by atoms with Gasteiger partial charge in [-0.05, 0) is 30.7 Å². The first-order valence-electron chi connectivity index (χ1n) is 5.96. The van der Waals surface area contributed by atoms with E-state index >= 15 is 0 Å². The summed E-state index contributed by atoms with van der Waals surface area (Å²) in [6, 6.07) is 12.8. The second-order valence-corrected chi connectivity index (χ2v) is 5.48. The maximum atomic E-state index is 12.4. The van der Waals surface area contributed by atoms with Gasteiger partial charge in [0.2, 0.25) is 0 Å². The molecule has 0 fully saturated rings. The van der Waals surface area contributed by atoms with Crippen molar-refractivity contribution in [3.63, 3.8) is 0 Å². The third-order valence-electron chi connectivity index (χ3n) is 3.36. The Kier molecular flexibility index (Phi) is 2.92. The van der Waals surface area contributed by atoms with Crippen LogP contribution in [-0.4, -0.2) is 11.0 Å². The van der Waals surface area contributed by atoms with E-state index in [1.807, 2.05) is 31.2 Å². The Bertz CT molecular complexity index is 669. The summed E-state index contributed by atoms with van der Waals surface area (Å²) in [5.41, 5.74) is 2.90. The zero-order valence-electron chi connectivity index (χ0n) is 10.3. The zero-order valence-corrected chi connectivity index (χ0v) is 11.9. The number of rotatable bonds is 1. The van der Waals surface area contributed by atoms with Crippen LogP contribution in [0.15, 0.2) is 46.9 Å². The molecule has 0 radical (unpaired) electrons. The Labute approximate surface area is 119 Å². The number of nitrogens with zero attached hydrogens (tertiary/aromatic N) is 1. The van der Waals surface area contributed by atoms with E-state index in [0.717, 1.165) is 15.7 Å². The van der Waals surface area contributed by atoms with Crippen LogP contribution < -0.4 is 4.90 Å². The normalized spacial score (nSPS) is 17.7. The summed E-state index contributed by atoms with van der Waals surface area (Å²) in [6.07, 6.45) is -0.920. The topological polar surface area (TPSA) is 40.5 Å². The molecule has 19 heavy (non-hydrogen) atoms. The van der Waals surface area contributed by atoms with Crippen LogP contribution in [0.5, 0.6) is 0 Å². The highest BCUT2D eigenvalue weighted by Crippen LogP contribution is 2.38. The molecule has 1 aliphatic heterocycles. The van der Waals surface area contributed by atoms with Gasteiger partial charge in [-0.3, -0.25) is 9.69 Å². The molecule has 0 aliphatic carbocycles. The van der Waals surface area contributed by atoms with Crippen molar-refractivity contribution in [1.82, 2.24) is 0 Å². The second-order valence-electron chi connectivity index (χ2n) is 4.57. The van der Waals surface area contributed by atoms with Crippen LogP contribution in [0.1, 0.15) is 27.7 Å². The van der Waals surface area contributed by atoms with Crippen molar-refractivity contribution in [3.8, 4) is 0 Å². The number of aliphatic hydroxyl groups is 1. The van der Waals surface area contributed by atoms with Crippen molar-refractivity contribution in [3.05, 3.63) is 63.6 Å². The monoisotopic (exact) mass is 317 g/mol. The van der Waals surface area contributed by atoms with Gasteiger partial charge in [-0.25, -0.2) is 0 Å². The fourth-order valence-electron chi connectivity index (χ4n) is 2.38. The van der Waals surface area contributed by atoms with E-state index < -0.39 is 6.23 Å². The van der Waals surface area contributed by atoms with Crippen LogP contribution in [0.25, 0.3) is 0 Å². The molecule has 0 aromatic heterocycles. The Balaban J connectivity index is 2.14. The summed E-state index contributed by atoms with van der Waals surface area (Å²) in [5, 5.41) is 10.4. The maximum absolute atomic E-state index is 12.4. The van der Waals surface area contributed by atoms with Crippen LogP contribution >= 0.6 is 15.9 Å². The number of fused-ring (bicyclic) bond motifs is 1. The van der Waals surface area contributed by atoms with Gasteiger partial charge >= 0.3 is 0 Å². The van der Waals surface area contributed by atoms with Gasteiger partial charge in [-0.2, -0.15) is 0 Å². The summed E-state index contributed by atoms with van der Waals surface area (Å²) in [5.74, 6) is -0.163. The molecule has 1 N–H and O–H groups in total. The van der Waals surface area contributed by atoms with Crippen molar-refractivity contribution in [2.24, 2.45) is 0 Å². The third kappa shape index (κ3) is 1.88. The lowest BCUT2D eigenvalue weighted by Crippen LogP contribution is -2.28. The minimum Gasteiger partial charge on any atom is -0.369 e. The fourth-order valence-corrected chi connectivity index (χ4v) is 2.73. The average Bonchev–Trinajstić information content (AvgIpc) is 2.66. The maximum Gasteiger partial charge on any atom is 0.261 e. The highest BCUT2D eigenvalue weighted by Gasteiger charge is 2.36. The average molecular weight is 318 g/mol. The summed E-state index contributed by atoms with van der Waals surface area (Å²) in [4.78, 5) is 13.9. The number of benzene rings is 2. The number of halogens is 1. The Hall–Kier alpha value is -1.65. The van der Waals surface area contributed by atoms with Crippen molar-refractivity contribution in [1.29, 1.82) is 0 Å². The number of hydrogen-bond acceptors (Lipinski definition) is 2. The highest BCUT2D eigenvalue weighted by atomic mass is 79.9. The number of aliphatic hydroxyl groups excluding tert-OH is 1. The number of amides is 1. The fraction of sp³-hybridized carbons (Fsp3) is 0.133. The molecule has 1 aliphatic rings. The summed E-state index contributed by atoms with van der Waals surface area (Å²) in [6.45, 7) is 1.92. The highest BCUT2D eigenvalue weighted by molar-refractivity contribution is 9.10. The second kappa shape index (κ2) is 4.47. The van der Waals surface area contributed by atoms with E-state index in [-0.39, 0.29) is 5.91 Å². The lowest BCUT2D eigenvalue weighted by Gasteiger charge is -2.23. The molecule has 0 bridgehead atoms. The van der Waals surface area contributed by atoms with Gasteiger partial charge in [0.1, 0.15) is 0 Å². The number of anilines is 1. The van der Waals surface area contributed by atoms with Crippen molar-refractivity contribution in [2.75, 3.05) is 4.90 Å². The van der Waals surface area contributed by atoms with Gasteiger partial charge in [0.05, 0.1) is 5.69 Å². The van der Waals surface area contributed by atoms with Gasteiger partial charge in [0.15, 0.2) is 6.23 Å². The summed E-state index contributed by atoms with van der Waals surface area (Å²) >= 11 is 3.40. The van der Waals surface area contributed by atoms with E-state index in [1.54, 1.807) is 18.2 Å². The minimum atomic E-state index is -0.920. The first-order valence-corrected chi connectivity index (χ1v) is 6.75. The molecule has 3 rings (SSSR count). The molecule has 1 atom stereocenters. The smallest absolute Gasteiger partial charge is 0.261 e. The van der Waals surface area contributed by atoms with Crippen molar-refractivity contribution in [2.45, 2.75) is 13.2 Å². The van der Waals surface area contributed by atoms with Gasteiger partial charge in [-0.1, -0.05) is 40.2 Å². The van der Waals surface area contributed by atoms with Crippen LogP contribution in [0.3, 0.4) is 0 Å². The van der Waals surface area contributed by atoms with Crippen molar-refractivity contribution >= 4 is 27.5 Å². The van der Waals surface area contributed by atoms with E-state index in [2.05, 4.69) is 15.9 Å². The molecular weight excluding hydrogens is 306 g/mol. The zero-order chi connectivity index (χ0) is 13.6. The third-order valence-corrected chi connectivity index (χ3v) is 3.86. The molecule has 2 aromatic carbocycles. The molecule has 0 saturated heterocycles. The number of hydrogen-bond donors (Lipinski definition) is 1. The quantitative estimate of drug-likeness (QED) is 0.875. The van der Waals surface area contributed by atoms with Gasteiger partial charge in [0.25, 0.3) is 5.91 Å². The van der Waals surface area contributed by atoms with Crippen LogP contribution in [-0.2, 0) is 0 Å². The minimum absolute atomic E-state index is 0.163. The molecule has 1 amide bonds. The standard InChI is InChI=1S/C15H12BrNO2/c1-9-6-7-10(16)8-13(9)17-14(18)11-4-2-3-5-12(11)15(17)19/h2-8,14,18H,1H3. The van der Waals surface area contributed by atoms with Gasteiger partial charge in [-0.15, -0.1) is 0 Å². The van der Waals surface area contributed by atoms with E-state index in [4.69, 9.17) is 0 Å². The largest absolute Gasteiger partial charge is 0.369 e. The van der Waals surface area contributed by atoms with Crippen LogP contribution in [0.2, 0.25) is 0 Å². The lowest BCUT2D eigenvalue weighted by atomic mass is 10.1. The van der Waals surface area contributed by atoms with Crippen molar-refractivity contribution < 1.29 is 9.90 Å².